The van der Waals surface area contributed by atoms with Gasteiger partial charge in [-0.3, -0.25) is 0 Å². The molecule has 1 heterocycles. The molecule has 27 heavy (non-hydrogen) atoms. The highest BCUT2D eigenvalue weighted by Gasteiger charge is 2.38. The van der Waals surface area contributed by atoms with Crippen LogP contribution in [-0.4, -0.2) is 49.9 Å². The molecule has 1 fully saturated rings. The van der Waals surface area contributed by atoms with Crippen LogP contribution in [0.15, 0.2) is 22.7 Å². The normalized spacial score (nSPS) is 21.2. The van der Waals surface area contributed by atoms with E-state index in [1.165, 1.54) is 4.90 Å². The molecular weight excluding hydrogens is 439 g/mol. The van der Waals surface area contributed by atoms with E-state index >= 15 is 0 Å². The molecule has 1 aliphatic rings. The number of nitrogens with one attached hydrogen (secondary N) is 1. The molecule has 1 amide bonds. The monoisotopic (exact) mass is 464 g/mol. The zero-order valence-electron chi connectivity index (χ0n) is 16.0. The number of amides is 1. The number of sulfonamides is 1. The van der Waals surface area contributed by atoms with E-state index in [0.717, 1.165) is 6.26 Å². The van der Waals surface area contributed by atoms with E-state index in [4.69, 9.17) is 4.74 Å². The number of benzene rings is 1. The number of carbonyl (C=O) groups excluding carboxylic acids is 1. The van der Waals surface area contributed by atoms with Crippen LogP contribution in [0.25, 0.3) is 0 Å². The minimum absolute atomic E-state index is 0.178. The summed E-state index contributed by atoms with van der Waals surface area (Å²) < 4.78 is 46.5. The summed E-state index contributed by atoms with van der Waals surface area (Å²) >= 11 is 3.17. The number of nitrogens with zero attached hydrogens (tertiary/aromatic N) is 1. The van der Waals surface area contributed by atoms with Crippen molar-refractivity contribution in [3.05, 3.63) is 34.1 Å². The second-order valence-corrected chi connectivity index (χ2v) is 10.4. The van der Waals surface area contributed by atoms with Crippen molar-refractivity contribution < 1.29 is 22.3 Å². The molecule has 0 radical (unpaired) electrons. The van der Waals surface area contributed by atoms with Crippen molar-refractivity contribution in [1.82, 2.24) is 9.62 Å². The Balaban J connectivity index is 2.35. The van der Waals surface area contributed by atoms with Crippen molar-refractivity contribution in [2.24, 2.45) is 0 Å². The Bertz CT molecular complexity index is 795. The van der Waals surface area contributed by atoms with Crippen LogP contribution >= 0.6 is 15.9 Å². The maximum absolute atomic E-state index is 14.5. The van der Waals surface area contributed by atoms with Crippen LogP contribution in [0.4, 0.5) is 9.18 Å². The number of rotatable bonds is 4. The minimum Gasteiger partial charge on any atom is -0.444 e. The predicted molar refractivity (Wildman–Crippen MR) is 106 cm³/mol. The van der Waals surface area contributed by atoms with Crippen molar-refractivity contribution in [2.75, 3.05) is 12.8 Å². The van der Waals surface area contributed by atoms with Gasteiger partial charge < -0.3 is 9.64 Å². The SMILES string of the molecule is CC(C)(C)OC(=O)N1CCCC(NS(C)(=O)=O)C1Cc1cccc(Br)c1F. The fourth-order valence-corrected chi connectivity index (χ4v) is 4.43. The van der Waals surface area contributed by atoms with E-state index in [0.29, 0.717) is 29.4 Å². The molecule has 0 aromatic heterocycles. The maximum Gasteiger partial charge on any atom is 0.410 e. The first-order valence-corrected chi connectivity index (χ1v) is 11.5. The molecule has 1 N–H and O–H groups in total. The fraction of sp³-hybridized carbons (Fsp3) is 0.611. The predicted octanol–water partition coefficient (Wildman–Crippen LogP) is 3.45. The molecule has 1 saturated heterocycles. The quantitative estimate of drug-likeness (QED) is 0.739. The third-order valence-electron chi connectivity index (χ3n) is 4.23. The molecule has 1 aliphatic heterocycles. The summed E-state index contributed by atoms with van der Waals surface area (Å²) in [4.78, 5) is 14.2. The number of hydrogen-bond acceptors (Lipinski definition) is 4. The van der Waals surface area contributed by atoms with Crippen LogP contribution in [-0.2, 0) is 21.2 Å². The van der Waals surface area contributed by atoms with Crippen LogP contribution in [0, 0.1) is 5.82 Å². The van der Waals surface area contributed by atoms with Gasteiger partial charge in [-0.25, -0.2) is 22.3 Å². The highest BCUT2D eigenvalue weighted by atomic mass is 79.9. The van der Waals surface area contributed by atoms with Crippen molar-refractivity contribution in [3.8, 4) is 0 Å². The van der Waals surface area contributed by atoms with Gasteiger partial charge >= 0.3 is 6.09 Å². The lowest BCUT2D eigenvalue weighted by molar-refractivity contribution is 0.00580. The summed E-state index contributed by atoms with van der Waals surface area (Å²) in [6.07, 6.45) is 1.92. The Kier molecular flexibility index (Phi) is 6.91. The third-order valence-corrected chi connectivity index (χ3v) is 5.58. The topological polar surface area (TPSA) is 75.7 Å². The molecule has 1 aromatic carbocycles. The molecule has 1 aromatic rings. The van der Waals surface area contributed by atoms with Crippen LogP contribution in [0.2, 0.25) is 0 Å². The first kappa shape index (κ1) is 22.1. The zero-order chi connectivity index (χ0) is 20.4. The average molecular weight is 465 g/mol. The van der Waals surface area contributed by atoms with E-state index in [9.17, 15) is 17.6 Å². The number of likely N-dealkylation sites (tertiary alicyclic amines) is 1. The van der Waals surface area contributed by atoms with E-state index < -0.39 is 39.6 Å². The van der Waals surface area contributed by atoms with Crippen LogP contribution in [0.3, 0.4) is 0 Å². The van der Waals surface area contributed by atoms with Crippen LogP contribution in [0.1, 0.15) is 39.2 Å². The number of ether oxygens (including phenoxy) is 1. The van der Waals surface area contributed by atoms with Gasteiger partial charge in [-0.2, -0.15) is 0 Å². The minimum atomic E-state index is -3.48. The van der Waals surface area contributed by atoms with Gasteiger partial charge in [0.1, 0.15) is 11.4 Å². The van der Waals surface area contributed by atoms with Gasteiger partial charge in [-0.05, 0) is 67.6 Å². The maximum atomic E-state index is 14.5. The second kappa shape index (κ2) is 8.45. The summed E-state index contributed by atoms with van der Waals surface area (Å²) in [5, 5.41) is 0. The first-order chi connectivity index (χ1) is 12.4. The molecule has 2 rings (SSSR count). The first-order valence-electron chi connectivity index (χ1n) is 8.77. The van der Waals surface area contributed by atoms with Crippen LogP contribution < -0.4 is 4.72 Å². The molecule has 2 atom stereocenters. The van der Waals surface area contributed by atoms with Crippen molar-refractivity contribution in [1.29, 1.82) is 0 Å². The van der Waals surface area contributed by atoms with E-state index in [1.54, 1.807) is 39.0 Å². The van der Waals surface area contributed by atoms with Gasteiger partial charge in [0.25, 0.3) is 0 Å². The molecule has 2 unspecified atom stereocenters. The molecular formula is C18H26BrFN2O4S. The summed E-state index contributed by atoms with van der Waals surface area (Å²) in [5.74, 6) is -0.412. The van der Waals surface area contributed by atoms with Crippen molar-refractivity contribution in [2.45, 2.75) is 57.7 Å². The highest BCUT2D eigenvalue weighted by molar-refractivity contribution is 9.10. The lowest BCUT2D eigenvalue weighted by atomic mass is 9.91. The van der Waals surface area contributed by atoms with Gasteiger partial charge in [0, 0.05) is 12.6 Å². The lowest BCUT2D eigenvalue weighted by Crippen LogP contribution is -2.58. The Hall–Kier alpha value is -1.19. The molecule has 6 nitrogen and oxygen atoms in total. The highest BCUT2D eigenvalue weighted by Crippen LogP contribution is 2.27. The van der Waals surface area contributed by atoms with E-state index in [2.05, 4.69) is 20.7 Å². The Morgan fingerprint density at radius 2 is 2.07 bits per heavy atom. The van der Waals surface area contributed by atoms with Gasteiger partial charge in [-0.1, -0.05) is 12.1 Å². The number of piperidine rings is 1. The standard InChI is InChI=1S/C18H26BrFN2O4S/c1-18(2,3)26-17(23)22-10-6-9-14(21-27(4,24)25)15(22)11-12-7-5-8-13(19)16(12)20/h5,7-8,14-15,21H,6,9-11H2,1-4H3. The Labute approximate surface area is 168 Å². The average Bonchev–Trinajstić information content (AvgIpc) is 2.50. The molecule has 152 valence electrons. The van der Waals surface area contributed by atoms with Gasteiger partial charge in [0.2, 0.25) is 10.0 Å². The Morgan fingerprint density at radius 3 is 2.67 bits per heavy atom. The lowest BCUT2D eigenvalue weighted by Gasteiger charge is -2.41. The zero-order valence-corrected chi connectivity index (χ0v) is 18.4. The number of hydrogen-bond donors (Lipinski definition) is 1. The molecule has 0 bridgehead atoms. The molecule has 0 spiro atoms. The third kappa shape index (κ3) is 6.43. The fourth-order valence-electron chi connectivity index (χ4n) is 3.20. The largest absolute Gasteiger partial charge is 0.444 e. The summed E-state index contributed by atoms with van der Waals surface area (Å²) in [6.45, 7) is 5.73. The summed E-state index contributed by atoms with van der Waals surface area (Å²) in [6, 6.07) is 3.88. The molecule has 0 saturated carbocycles. The molecule has 9 heteroatoms. The molecule has 0 aliphatic carbocycles. The number of halogens is 2. The smallest absolute Gasteiger partial charge is 0.410 e. The Morgan fingerprint density at radius 1 is 1.41 bits per heavy atom. The van der Waals surface area contributed by atoms with Crippen molar-refractivity contribution >= 4 is 32.0 Å². The van der Waals surface area contributed by atoms with Crippen molar-refractivity contribution in [3.63, 3.8) is 0 Å². The summed E-state index contributed by atoms with van der Waals surface area (Å²) in [5.41, 5.74) is -0.273. The summed E-state index contributed by atoms with van der Waals surface area (Å²) in [7, 11) is -3.48. The number of carbonyl (C=O) groups is 1. The van der Waals surface area contributed by atoms with E-state index in [1.807, 2.05) is 0 Å². The van der Waals surface area contributed by atoms with E-state index in [-0.39, 0.29) is 6.42 Å². The van der Waals surface area contributed by atoms with Gasteiger partial charge in [0.15, 0.2) is 0 Å². The van der Waals surface area contributed by atoms with Crippen LogP contribution in [0.5, 0.6) is 0 Å². The second-order valence-electron chi connectivity index (χ2n) is 7.80. The van der Waals surface area contributed by atoms with Gasteiger partial charge in [-0.15, -0.1) is 0 Å². The van der Waals surface area contributed by atoms with Gasteiger partial charge in [0.05, 0.1) is 16.8 Å².